The van der Waals surface area contributed by atoms with Crippen LogP contribution in [0.4, 0.5) is 0 Å². The second-order valence-corrected chi connectivity index (χ2v) is 4.48. The Labute approximate surface area is 111 Å². The molecule has 0 saturated heterocycles. The van der Waals surface area contributed by atoms with Gasteiger partial charge in [0.05, 0.1) is 6.54 Å². The van der Waals surface area contributed by atoms with Crippen molar-refractivity contribution in [3.8, 4) is 0 Å². The van der Waals surface area contributed by atoms with Gasteiger partial charge in [0, 0.05) is 12.6 Å². The number of hydrogen-bond donors (Lipinski definition) is 1. The van der Waals surface area contributed by atoms with Gasteiger partial charge in [-0.05, 0) is 24.2 Å². The van der Waals surface area contributed by atoms with Crippen LogP contribution < -0.4 is 5.73 Å². The summed E-state index contributed by atoms with van der Waals surface area (Å²) >= 11 is 0. The highest BCUT2D eigenvalue weighted by Gasteiger charge is 2.10. The summed E-state index contributed by atoms with van der Waals surface area (Å²) in [7, 11) is 0. The Bertz CT molecular complexity index is 673. The van der Waals surface area contributed by atoms with Crippen molar-refractivity contribution < 1.29 is 0 Å². The molecule has 2 N–H and O–H groups in total. The topological polar surface area (TPSA) is 56.7 Å². The zero-order valence-corrected chi connectivity index (χ0v) is 10.7. The lowest BCUT2D eigenvalue weighted by Gasteiger charge is -2.08. The number of rotatable bonds is 4. The summed E-state index contributed by atoms with van der Waals surface area (Å²) in [5.74, 6) is 1.00. The molecule has 3 aromatic rings. The molecule has 0 amide bonds. The van der Waals surface area contributed by atoms with E-state index in [9.17, 15) is 0 Å². The van der Waals surface area contributed by atoms with Crippen molar-refractivity contribution in [1.82, 2.24) is 14.5 Å². The van der Waals surface area contributed by atoms with Crippen LogP contribution in [0.1, 0.15) is 11.4 Å². The van der Waals surface area contributed by atoms with Crippen LogP contribution in [-0.4, -0.2) is 21.1 Å². The molecule has 4 heteroatoms. The average Bonchev–Trinajstić information content (AvgIpc) is 2.79. The molecule has 1 aromatic carbocycles. The molecule has 0 aliphatic heterocycles. The van der Waals surface area contributed by atoms with E-state index in [1.54, 1.807) is 6.20 Å². The van der Waals surface area contributed by atoms with Gasteiger partial charge in [-0.2, -0.15) is 0 Å². The van der Waals surface area contributed by atoms with Gasteiger partial charge in [0.1, 0.15) is 11.3 Å². The van der Waals surface area contributed by atoms with E-state index in [1.807, 2.05) is 30.3 Å². The van der Waals surface area contributed by atoms with E-state index in [-0.39, 0.29) is 0 Å². The molecule has 4 nitrogen and oxygen atoms in total. The first-order chi connectivity index (χ1) is 9.38. The zero-order chi connectivity index (χ0) is 13.1. The second kappa shape index (κ2) is 5.20. The number of imidazole rings is 1. The lowest BCUT2D eigenvalue weighted by atomic mass is 10.2. The molecule has 3 rings (SSSR count). The molecule has 0 aliphatic carbocycles. The third kappa shape index (κ3) is 2.35. The fraction of sp³-hybridized carbons (Fsp3) is 0.200. The van der Waals surface area contributed by atoms with Crippen LogP contribution in [0.25, 0.3) is 11.2 Å². The summed E-state index contributed by atoms with van der Waals surface area (Å²) < 4.78 is 2.15. The van der Waals surface area contributed by atoms with Gasteiger partial charge in [0.2, 0.25) is 0 Å². The Morgan fingerprint density at radius 1 is 1.05 bits per heavy atom. The monoisotopic (exact) mass is 252 g/mol. The van der Waals surface area contributed by atoms with Crippen molar-refractivity contribution >= 4 is 11.2 Å². The van der Waals surface area contributed by atoms with Gasteiger partial charge in [-0.15, -0.1) is 0 Å². The molecular formula is C15H16N4. The summed E-state index contributed by atoms with van der Waals surface area (Å²) in [6, 6.07) is 14.2. The normalized spacial score (nSPS) is 11.0. The molecule has 0 spiro atoms. The maximum atomic E-state index is 5.67. The van der Waals surface area contributed by atoms with Crippen LogP contribution in [0.15, 0.2) is 48.7 Å². The number of benzene rings is 1. The molecule has 0 bridgehead atoms. The molecule has 19 heavy (non-hydrogen) atoms. The molecule has 2 aromatic heterocycles. The fourth-order valence-corrected chi connectivity index (χ4v) is 2.26. The van der Waals surface area contributed by atoms with Crippen molar-refractivity contribution in [2.24, 2.45) is 5.73 Å². The first-order valence-electron chi connectivity index (χ1n) is 6.42. The Morgan fingerprint density at radius 3 is 2.68 bits per heavy atom. The first kappa shape index (κ1) is 11.9. The number of aromatic nitrogens is 3. The van der Waals surface area contributed by atoms with Gasteiger partial charge in [-0.25, -0.2) is 9.97 Å². The van der Waals surface area contributed by atoms with E-state index in [4.69, 9.17) is 5.73 Å². The van der Waals surface area contributed by atoms with E-state index in [2.05, 4.69) is 26.7 Å². The average molecular weight is 252 g/mol. The van der Waals surface area contributed by atoms with Crippen molar-refractivity contribution in [2.75, 3.05) is 6.54 Å². The largest absolute Gasteiger partial charge is 0.330 e. The van der Waals surface area contributed by atoms with Crippen molar-refractivity contribution in [1.29, 1.82) is 0 Å². The van der Waals surface area contributed by atoms with Gasteiger partial charge in [-0.3, -0.25) is 0 Å². The zero-order valence-electron chi connectivity index (χ0n) is 10.7. The minimum atomic E-state index is 0.595. The van der Waals surface area contributed by atoms with Gasteiger partial charge in [0.25, 0.3) is 0 Å². The molecule has 0 radical (unpaired) electrons. The predicted molar refractivity (Wildman–Crippen MR) is 75.8 cm³/mol. The highest BCUT2D eigenvalue weighted by molar-refractivity contribution is 5.71. The van der Waals surface area contributed by atoms with Crippen LogP contribution in [0.3, 0.4) is 0 Å². The van der Waals surface area contributed by atoms with Crippen LogP contribution in [-0.2, 0) is 13.0 Å². The molecule has 0 atom stereocenters. The minimum absolute atomic E-state index is 0.595. The molecule has 96 valence electrons. The minimum Gasteiger partial charge on any atom is -0.330 e. The summed E-state index contributed by atoms with van der Waals surface area (Å²) in [6.45, 7) is 1.38. The fourth-order valence-electron chi connectivity index (χ4n) is 2.26. The summed E-state index contributed by atoms with van der Waals surface area (Å²) in [6.07, 6.45) is 2.57. The number of pyridine rings is 1. The van der Waals surface area contributed by atoms with Crippen molar-refractivity contribution in [3.05, 3.63) is 60.0 Å². The lowest BCUT2D eigenvalue weighted by Crippen LogP contribution is -2.11. The Kier molecular flexibility index (Phi) is 3.25. The molecule has 2 heterocycles. The maximum absolute atomic E-state index is 5.67. The quantitative estimate of drug-likeness (QED) is 0.772. The number of nitrogens with zero attached hydrogens (tertiary/aromatic N) is 3. The predicted octanol–water partition coefficient (Wildman–Crippen LogP) is 1.98. The lowest BCUT2D eigenvalue weighted by molar-refractivity contribution is 0.729. The first-order valence-corrected chi connectivity index (χ1v) is 6.42. The van der Waals surface area contributed by atoms with Crippen LogP contribution in [0, 0.1) is 0 Å². The smallest absolute Gasteiger partial charge is 0.160 e. The highest BCUT2D eigenvalue weighted by atomic mass is 15.1. The van der Waals surface area contributed by atoms with E-state index in [0.717, 1.165) is 30.0 Å². The maximum Gasteiger partial charge on any atom is 0.160 e. The van der Waals surface area contributed by atoms with Gasteiger partial charge in [-0.1, -0.05) is 30.3 Å². The van der Waals surface area contributed by atoms with Crippen molar-refractivity contribution in [2.45, 2.75) is 13.0 Å². The third-order valence-electron chi connectivity index (χ3n) is 3.13. The Morgan fingerprint density at radius 2 is 1.89 bits per heavy atom. The van der Waals surface area contributed by atoms with Crippen molar-refractivity contribution in [3.63, 3.8) is 0 Å². The summed E-state index contributed by atoms with van der Waals surface area (Å²) in [4.78, 5) is 9.06. The van der Waals surface area contributed by atoms with Crippen LogP contribution >= 0.6 is 0 Å². The van der Waals surface area contributed by atoms with E-state index >= 15 is 0 Å². The number of fused-ring (bicyclic) bond motifs is 1. The van der Waals surface area contributed by atoms with Gasteiger partial charge >= 0.3 is 0 Å². The SMILES string of the molecule is NCCc1nc2cccnc2n1Cc1ccccc1. The molecule has 0 saturated carbocycles. The number of nitrogens with two attached hydrogens (primary N) is 1. The van der Waals surface area contributed by atoms with E-state index in [1.165, 1.54) is 5.56 Å². The standard InChI is InChI=1S/C15H16N4/c16-9-8-14-18-13-7-4-10-17-15(13)19(14)11-12-5-2-1-3-6-12/h1-7,10H,8-9,11,16H2. The van der Waals surface area contributed by atoms with Crippen LogP contribution in [0.2, 0.25) is 0 Å². The van der Waals surface area contributed by atoms with Gasteiger partial charge < -0.3 is 10.3 Å². The van der Waals surface area contributed by atoms with E-state index < -0.39 is 0 Å². The summed E-state index contributed by atoms with van der Waals surface area (Å²) in [5.41, 5.74) is 8.77. The third-order valence-corrected chi connectivity index (χ3v) is 3.13. The Balaban J connectivity index is 2.07. The molecule has 0 unspecified atom stereocenters. The van der Waals surface area contributed by atoms with E-state index in [0.29, 0.717) is 6.54 Å². The summed E-state index contributed by atoms with van der Waals surface area (Å²) in [5, 5.41) is 0. The second-order valence-electron chi connectivity index (χ2n) is 4.48. The molecule has 0 fully saturated rings. The number of hydrogen-bond acceptors (Lipinski definition) is 3. The van der Waals surface area contributed by atoms with Crippen LogP contribution in [0.5, 0.6) is 0 Å². The highest BCUT2D eigenvalue weighted by Crippen LogP contribution is 2.16. The molecular weight excluding hydrogens is 236 g/mol. The Hall–Kier alpha value is -2.20. The van der Waals surface area contributed by atoms with Gasteiger partial charge in [0.15, 0.2) is 5.65 Å². The molecule has 0 aliphatic rings.